The first-order chi connectivity index (χ1) is 12.4. The predicted octanol–water partition coefficient (Wildman–Crippen LogP) is 2.97. The number of hydrogen-bond donors (Lipinski definition) is 1. The minimum atomic E-state index is -0.0915. The van der Waals surface area contributed by atoms with Gasteiger partial charge in [0.1, 0.15) is 5.82 Å². The number of rotatable bonds is 5. The van der Waals surface area contributed by atoms with E-state index in [0.717, 1.165) is 34.2 Å². The maximum absolute atomic E-state index is 12.4. The number of nitrogens with zero attached hydrogens (tertiary/aromatic N) is 5. The Morgan fingerprint density at radius 2 is 1.88 bits per heavy atom. The molecule has 0 fully saturated rings. The quantitative estimate of drug-likeness (QED) is 0.699. The van der Waals surface area contributed by atoms with Gasteiger partial charge in [0.2, 0.25) is 5.91 Å². The van der Waals surface area contributed by atoms with Crippen LogP contribution in [0.5, 0.6) is 0 Å². The Morgan fingerprint density at radius 3 is 2.54 bits per heavy atom. The van der Waals surface area contributed by atoms with Crippen molar-refractivity contribution in [1.82, 2.24) is 24.5 Å². The highest BCUT2D eigenvalue weighted by molar-refractivity contribution is 7.99. The fourth-order valence-electron chi connectivity index (χ4n) is 2.79. The van der Waals surface area contributed by atoms with Gasteiger partial charge in [-0.3, -0.25) is 14.0 Å². The zero-order valence-electron chi connectivity index (χ0n) is 15.6. The lowest BCUT2D eigenvalue weighted by molar-refractivity contribution is -0.113. The molecule has 3 rings (SSSR count). The summed E-state index contributed by atoms with van der Waals surface area (Å²) in [5.41, 5.74) is 4.66. The molecule has 0 spiro atoms. The maximum Gasteiger partial charge on any atom is 0.234 e. The number of amides is 1. The van der Waals surface area contributed by atoms with Gasteiger partial charge < -0.3 is 5.32 Å². The summed E-state index contributed by atoms with van der Waals surface area (Å²) in [5, 5.41) is 16.4. The van der Waals surface area contributed by atoms with Crippen LogP contribution in [0.1, 0.15) is 22.8 Å². The minimum Gasteiger partial charge on any atom is -0.322 e. The van der Waals surface area contributed by atoms with Crippen molar-refractivity contribution in [2.45, 2.75) is 32.9 Å². The van der Waals surface area contributed by atoms with E-state index in [2.05, 4.69) is 20.6 Å². The topological polar surface area (TPSA) is 77.6 Å². The average Bonchev–Trinajstić information content (AvgIpc) is 3.08. The van der Waals surface area contributed by atoms with Crippen LogP contribution >= 0.6 is 11.8 Å². The van der Waals surface area contributed by atoms with Gasteiger partial charge in [-0.15, -0.1) is 10.2 Å². The highest BCUT2D eigenvalue weighted by atomic mass is 32.2. The van der Waals surface area contributed by atoms with Crippen LogP contribution in [-0.4, -0.2) is 36.2 Å². The average molecular weight is 370 g/mol. The van der Waals surface area contributed by atoms with Gasteiger partial charge in [0.25, 0.3) is 0 Å². The van der Waals surface area contributed by atoms with E-state index in [4.69, 9.17) is 0 Å². The highest BCUT2D eigenvalue weighted by Crippen LogP contribution is 2.24. The third-order valence-electron chi connectivity index (χ3n) is 4.26. The minimum absolute atomic E-state index is 0.0915. The van der Waals surface area contributed by atoms with Gasteiger partial charge in [0.05, 0.1) is 28.5 Å². The molecule has 26 heavy (non-hydrogen) atoms. The van der Waals surface area contributed by atoms with Gasteiger partial charge in [-0.05, 0) is 39.3 Å². The van der Waals surface area contributed by atoms with Crippen molar-refractivity contribution >= 4 is 23.4 Å². The normalized spacial score (nSPS) is 11.0. The summed E-state index contributed by atoms with van der Waals surface area (Å²) in [6.07, 6.45) is 0. The lowest BCUT2D eigenvalue weighted by atomic mass is 10.2. The van der Waals surface area contributed by atoms with Crippen molar-refractivity contribution in [1.29, 1.82) is 0 Å². The van der Waals surface area contributed by atoms with Crippen LogP contribution in [0, 0.1) is 27.7 Å². The standard InChI is InChI=1S/C18H22N6OS/c1-11-8-6-7-9-15(11)24-14(4)20-21-18(24)26-10-16(25)19-17-12(2)22-23(5)13(17)3/h6-9H,10H2,1-5H3,(H,19,25). The number of anilines is 1. The van der Waals surface area contributed by atoms with Gasteiger partial charge in [-0.1, -0.05) is 30.0 Å². The number of aryl methyl sites for hydroxylation is 4. The zero-order valence-corrected chi connectivity index (χ0v) is 16.4. The second kappa shape index (κ2) is 7.33. The van der Waals surface area contributed by atoms with Crippen LogP contribution < -0.4 is 5.32 Å². The Balaban J connectivity index is 1.75. The fourth-order valence-corrected chi connectivity index (χ4v) is 3.58. The third kappa shape index (κ3) is 3.50. The van der Waals surface area contributed by atoms with Crippen LogP contribution in [-0.2, 0) is 11.8 Å². The van der Waals surface area contributed by atoms with Crippen LogP contribution in [0.15, 0.2) is 29.4 Å². The van der Waals surface area contributed by atoms with Gasteiger partial charge in [-0.25, -0.2) is 0 Å². The van der Waals surface area contributed by atoms with E-state index in [1.165, 1.54) is 11.8 Å². The van der Waals surface area contributed by atoms with E-state index < -0.39 is 0 Å². The molecule has 8 heteroatoms. The van der Waals surface area contributed by atoms with Crippen molar-refractivity contribution < 1.29 is 4.79 Å². The summed E-state index contributed by atoms with van der Waals surface area (Å²) >= 11 is 1.37. The molecule has 0 bridgehead atoms. The summed E-state index contributed by atoms with van der Waals surface area (Å²) in [6.45, 7) is 7.77. The number of para-hydroxylation sites is 1. The van der Waals surface area contributed by atoms with E-state index >= 15 is 0 Å². The molecule has 0 radical (unpaired) electrons. The first kappa shape index (κ1) is 18.2. The molecule has 136 valence electrons. The lowest BCUT2D eigenvalue weighted by Crippen LogP contribution is -2.15. The van der Waals surface area contributed by atoms with Crippen molar-refractivity contribution in [2.24, 2.45) is 7.05 Å². The first-order valence-corrected chi connectivity index (χ1v) is 9.28. The Bertz CT molecular complexity index is 959. The first-order valence-electron chi connectivity index (χ1n) is 8.29. The molecule has 0 aliphatic carbocycles. The summed E-state index contributed by atoms with van der Waals surface area (Å²) in [4.78, 5) is 12.4. The number of thioether (sulfide) groups is 1. The molecule has 0 saturated carbocycles. The largest absolute Gasteiger partial charge is 0.322 e. The van der Waals surface area contributed by atoms with E-state index in [9.17, 15) is 4.79 Å². The summed E-state index contributed by atoms with van der Waals surface area (Å²) in [6, 6.07) is 8.05. The van der Waals surface area contributed by atoms with Gasteiger partial charge in [0, 0.05) is 7.05 Å². The molecule has 7 nitrogen and oxygen atoms in total. The van der Waals surface area contributed by atoms with Crippen LogP contribution in [0.25, 0.3) is 5.69 Å². The van der Waals surface area contributed by atoms with Gasteiger partial charge in [-0.2, -0.15) is 5.10 Å². The van der Waals surface area contributed by atoms with Crippen molar-refractivity contribution in [3.63, 3.8) is 0 Å². The molecule has 2 aromatic heterocycles. The molecule has 0 aliphatic rings. The summed E-state index contributed by atoms with van der Waals surface area (Å²) in [7, 11) is 1.86. The Kier molecular flexibility index (Phi) is 5.13. The Labute approximate surface area is 156 Å². The molecule has 0 atom stereocenters. The second-order valence-electron chi connectivity index (χ2n) is 6.16. The maximum atomic E-state index is 12.4. The van der Waals surface area contributed by atoms with Crippen molar-refractivity contribution in [3.8, 4) is 5.69 Å². The number of carbonyl (C=O) groups excluding carboxylic acids is 1. The second-order valence-corrected chi connectivity index (χ2v) is 7.10. The number of hydrogen-bond acceptors (Lipinski definition) is 5. The van der Waals surface area contributed by atoms with E-state index in [0.29, 0.717) is 5.16 Å². The summed E-state index contributed by atoms with van der Waals surface area (Å²) < 4.78 is 3.74. The molecular formula is C18H22N6OS. The SMILES string of the molecule is Cc1ccccc1-n1c(C)nnc1SCC(=O)Nc1c(C)nn(C)c1C. The number of aromatic nitrogens is 5. The molecule has 3 aromatic rings. The smallest absolute Gasteiger partial charge is 0.234 e. The molecule has 2 heterocycles. The molecule has 0 aliphatic heterocycles. The van der Waals surface area contributed by atoms with Crippen molar-refractivity contribution in [2.75, 3.05) is 11.1 Å². The van der Waals surface area contributed by atoms with Gasteiger partial charge >= 0.3 is 0 Å². The number of benzene rings is 1. The van der Waals surface area contributed by atoms with E-state index in [1.807, 2.05) is 63.6 Å². The van der Waals surface area contributed by atoms with Gasteiger partial charge in [0.15, 0.2) is 5.16 Å². The van der Waals surface area contributed by atoms with Crippen LogP contribution in [0.4, 0.5) is 5.69 Å². The Hall–Kier alpha value is -2.61. The number of nitrogens with one attached hydrogen (secondary N) is 1. The number of carbonyl (C=O) groups is 1. The molecule has 1 aromatic carbocycles. The molecule has 0 saturated heterocycles. The zero-order chi connectivity index (χ0) is 18.8. The van der Waals surface area contributed by atoms with Crippen molar-refractivity contribution in [3.05, 3.63) is 47.0 Å². The van der Waals surface area contributed by atoms with Crippen LogP contribution in [0.2, 0.25) is 0 Å². The highest BCUT2D eigenvalue weighted by Gasteiger charge is 2.16. The molecule has 0 unspecified atom stereocenters. The molecular weight excluding hydrogens is 348 g/mol. The fraction of sp³-hybridized carbons (Fsp3) is 0.333. The van der Waals surface area contributed by atoms with E-state index in [1.54, 1.807) is 4.68 Å². The van der Waals surface area contributed by atoms with Crippen LogP contribution in [0.3, 0.4) is 0 Å². The lowest BCUT2D eigenvalue weighted by Gasteiger charge is -2.11. The monoisotopic (exact) mass is 370 g/mol. The van der Waals surface area contributed by atoms with E-state index in [-0.39, 0.29) is 11.7 Å². The molecule has 1 N–H and O–H groups in total. The third-order valence-corrected chi connectivity index (χ3v) is 5.19. The molecule has 1 amide bonds. The summed E-state index contributed by atoms with van der Waals surface area (Å²) in [5.74, 6) is 0.949. The Morgan fingerprint density at radius 1 is 1.15 bits per heavy atom. The predicted molar refractivity (Wildman–Crippen MR) is 103 cm³/mol.